The first-order chi connectivity index (χ1) is 11.9. The lowest BCUT2D eigenvalue weighted by Crippen LogP contribution is -2.30. The quantitative estimate of drug-likeness (QED) is 0.692. The summed E-state index contributed by atoms with van der Waals surface area (Å²) in [5, 5.41) is 12.8. The Kier molecular flexibility index (Phi) is 6.97. The van der Waals surface area contributed by atoms with Crippen LogP contribution >= 0.6 is 11.3 Å². The van der Waals surface area contributed by atoms with Crippen molar-refractivity contribution >= 4 is 21.4 Å². The molecular formula is C17H23NO5S2. The Morgan fingerprint density at radius 2 is 2.00 bits per heavy atom. The maximum Gasteiger partial charge on any atom is 0.244 e. The maximum atomic E-state index is 12.7. The molecule has 0 aliphatic carbocycles. The van der Waals surface area contributed by atoms with Crippen LogP contribution in [0.4, 0.5) is 0 Å². The highest BCUT2D eigenvalue weighted by molar-refractivity contribution is 7.89. The van der Waals surface area contributed by atoms with Crippen LogP contribution in [0.3, 0.4) is 0 Å². The molecule has 1 atom stereocenters. The fraction of sp³-hybridized carbons (Fsp3) is 0.412. The molecule has 1 unspecified atom stereocenters. The number of aliphatic hydroxyl groups is 1. The number of benzene rings is 1. The first-order valence-electron chi connectivity index (χ1n) is 7.78. The van der Waals surface area contributed by atoms with Gasteiger partial charge in [-0.2, -0.15) is 11.3 Å². The van der Waals surface area contributed by atoms with Crippen LogP contribution in [-0.2, 0) is 14.8 Å². The van der Waals surface area contributed by atoms with Crippen molar-refractivity contribution in [1.82, 2.24) is 4.72 Å². The Labute approximate surface area is 152 Å². The SMILES string of the molecule is COc1cc(C)c(C)cc1S(=O)(=O)NCC(OCCO)c1ccsc1. The Hall–Kier alpha value is -1.45. The molecule has 0 amide bonds. The molecule has 2 rings (SSSR count). The highest BCUT2D eigenvalue weighted by atomic mass is 32.2. The molecule has 0 aliphatic heterocycles. The second kappa shape index (κ2) is 8.77. The summed E-state index contributed by atoms with van der Waals surface area (Å²) in [5.74, 6) is 0.305. The summed E-state index contributed by atoms with van der Waals surface area (Å²) < 4.78 is 38.8. The van der Waals surface area contributed by atoms with Crippen LogP contribution < -0.4 is 9.46 Å². The van der Waals surface area contributed by atoms with Crippen molar-refractivity contribution in [2.45, 2.75) is 24.8 Å². The number of nitrogens with one attached hydrogen (secondary N) is 1. The zero-order valence-corrected chi connectivity index (χ0v) is 16.1. The second-order valence-corrected chi connectivity index (χ2v) is 8.09. The molecule has 0 fully saturated rings. The van der Waals surface area contributed by atoms with E-state index in [0.29, 0.717) is 5.75 Å². The number of aryl methyl sites for hydroxylation is 2. The smallest absolute Gasteiger partial charge is 0.244 e. The average molecular weight is 386 g/mol. The number of sulfonamides is 1. The number of thiophene rings is 1. The van der Waals surface area contributed by atoms with Crippen LogP contribution in [0.25, 0.3) is 0 Å². The summed E-state index contributed by atoms with van der Waals surface area (Å²) >= 11 is 1.50. The molecule has 1 aromatic heterocycles. The fourth-order valence-electron chi connectivity index (χ4n) is 2.32. The topological polar surface area (TPSA) is 84.9 Å². The van der Waals surface area contributed by atoms with E-state index in [-0.39, 0.29) is 24.7 Å². The Morgan fingerprint density at radius 3 is 2.60 bits per heavy atom. The molecule has 0 saturated carbocycles. The van der Waals surface area contributed by atoms with Gasteiger partial charge in [0.25, 0.3) is 0 Å². The summed E-state index contributed by atoms with van der Waals surface area (Å²) in [6, 6.07) is 5.19. The van der Waals surface area contributed by atoms with Crippen LogP contribution in [0.1, 0.15) is 22.8 Å². The van der Waals surface area contributed by atoms with Crippen LogP contribution in [0.2, 0.25) is 0 Å². The molecule has 1 heterocycles. The lowest BCUT2D eigenvalue weighted by Gasteiger charge is -2.18. The highest BCUT2D eigenvalue weighted by Crippen LogP contribution is 2.28. The van der Waals surface area contributed by atoms with E-state index in [1.54, 1.807) is 12.1 Å². The van der Waals surface area contributed by atoms with Crippen LogP contribution in [0.15, 0.2) is 33.9 Å². The Morgan fingerprint density at radius 1 is 1.28 bits per heavy atom. The number of methoxy groups -OCH3 is 1. The first kappa shape index (κ1) is 19.9. The van der Waals surface area contributed by atoms with Gasteiger partial charge < -0.3 is 14.6 Å². The summed E-state index contributed by atoms with van der Waals surface area (Å²) in [7, 11) is -2.32. The van der Waals surface area contributed by atoms with Gasteiger partial charge in [-0.1, -0.05) is 0 Å². The van der Waals surface area contributed by atoms with Gasteiger partial charge in [-0.05, 0) is 59.5 Å². The molecule has 0 saturated heterocycles. The van der Waals surface area contributed by atoms with E-state index in [4.69, 9.17) is 14.6 Å². The van der Waals surface area contributed by atoms with Crippen LogP contribution in [0.5, 0.6) is 5.75 Å². The number of aliphatic hydroxyl groups excluding tert-OH is 1. The molecule has 6 nitrogen and oxygen atoms in total. The maximum absolute atomic E-state index is 12.7. The van der Waals surface area contributed by atoms with Gasteiger partial charge in [0.2, 0.25) is 10.0 Å². The second-order valence-electron chi connectivity index (χ2n) is 5.58. The van der Waals surface area contributed by atoms with Crippen molar-refractivity contribution in [2.24, 2.45) is 0 Å². The van der Waals surface area contributed by atoms with Crippen molar-refractivity contribution in [2.75, 3.05) is 26.9 Å². The van der Waals surface area contributed by atoms with E-state index in [9.17, 15) is 8.42 Å². The summed E-state index contributed by atoms with van der Waals surface area (Å²) in [6.07, 6.45) is -0.467. The molecule has 138 valence electrons. The van der Waals surface area contributed by atoms with Gasteiger partial charge in [-0.3, -0.25) is 0 Å². The Balaban J connectivity index is 2.21. The zero-order chi connectivity index (χ0) is 18.4. The molecule has 2 N–H and O–H groups in total. The van der Waals surface area contributed by atoms with Gasteiger partial charge in [-0.15, -0.1) is 0 Å². The predicted molar refractivity (Wildman–Crippen MR) is 97.8 cm³/mol. The molecule has 8 heteroatoms. The van der Waals surface area contributed by atoms with Crippen LogP contribution in [0, 0.1) is 13.8 Å². The molecule has 25 heavy (non-hydrogen) atoms. The number of rotatable bonds is 9. The zero-order valence-electron chi connectivity index (χ0n) is 14.5. The van der Waals surface area contributed by atoms with E-state index >= 15 is 0 Å². The first-order valence-corrected chi connectivity index (χ1v) is 10.2. The van der Waals surface area contributed by atoms with Crippen molar-refractivity contribution < 1.29 is 23.0 Å². The third kappa shape index (κ3) is 5.02. The minimum absolute atomic E-state index is 0.0646. The minimum Gasteiger partial charge on any atom is -0.495 e. The van der Waals surface area contributed by atoms with Crippen molar-refractivity contribution in [3.8, 4) is 5.75 Å². The minimum atomic E-state index is -3.77. The monoisotopic (exact) mass is 385 g/mol. The van der Waals surface area contributed by atoms with E-state index in [2.05, 4.69) is 4.72 Å². The normalized spacial score (nSPS) is 13.0. The third-order valence-electron chi connectivity index (χ3n) is 3.85. The van der Waals surface area contributed by atoms with Crippen molar-refractivity contribution in [3.05, 3.63) is 45.6 Å². The van der Waals surface area contributed by atoms with Gasteiger partial charge in [0.1, 0.15) is 10.6 Å². The number of hydrogen-bond donors (Lipinski definition) is 2. The van der Waals surface area contributed by atoms with Gasteiger partial charge in [0.15, 0.2) is 0 Å². The Bertz CT molecular complexity index is 788. The highest BCUT2D eigenvalue weighted by Gasteiger charge is 2.23. The summed E-state index contributed by atoms with van der Waals surface area (Å²) in [4.78, 5) is 0.101. The van der Waals surface area contributed by atoms with Crippen LogP contribution in [-0.4, -0.2) is 40.4 Å². The fourth-order valence-corrected chi connectivity index (χ4v) is 4.29. The molecule has 0 bridgehead atoms. The largest absolute Gasteiger partial charge is 0.495 e. The van der Waals surface area contributed by atoms with Crippen molar-refractivity contribution in [3.63, 3.8) is 0 Å². The van der Waals surface area contributed by atoms with Gasteiger partial charge >= 0.3 is 0 Å². The molecule has 0 aliphatic rings. The molecule has 2 aromatic rings. The van der Waals surface area contributed by atoms with Crippen molar-refractivity contribution in [1.29, 1.82) is 0 Å². The lowest BCUT2D eigenvalue weighted by atomic mass is 10.1. The average Bonchev–Trinajstić information content (AvgIpc) is 3.11. The molecule has 0 radical (unpaired) electrons. The van der Waals surface area contributed by atoms with Gasteiger partial charge in [0.05, 0.1) is 26.4 Å². The summed E-state index contributed by atoms with van der Waals surface area (Å²) in [6.45, 7) is 3.83. The number of hydrogen-bond acceptors (Lipinski definition) is 6. The molecular weight excluding hydrogens is 362 g/mol. The predicted octanol–water partition coefficient (Wildman–Crippen LogP) is 2.40. The van der Waals surface area contributed by atoms with E-state index in [1.807, 2.05) is 30.7 Å². The standard InChI is InChI=1S/C17H23NO5S2/c1-12-8-15(22-3)17(9-13(12)2)25(20,21)18-10-16(23-6-5-19)14-4-7-24-11-14/h4,7-9,11,16,18-19H,5-6,10H2,1-3H3. The summed E-state index contributed by atoms with van der Waals surface area (Å²) in [5.41, 5.74) is 2.69. The lowest BCUT2D eigenvalue weighted by molar-refractivity contribution is 0.0311. The van der Waals surface area contributed by atoms with E-state index in [1.165, 1.54) is 18.4 Å². The molecule has 1 aromatic carbocycles. The van der Waals surface area contributed by atoms with E-state index in [0.717, 1.165) is 16.7 Å². The number of ether oxygens (including phenoxy) is 2. The molecule has 0 spiro atoms. The van der Waals surface area contributed by atoms with E-state index < -0.39 is 16.1 Å². The van der Waals surface area contributed by atoms with Gasteiger partial charge in [-0.25, -0.2) is 13.1 Å². The third-order valence-corrected chi connectivity index (χ3v) is 6.00. The van der Waals surface area contributed by atoms with Gasteiger partial charge in [0, 0.05) is 6.54 Å².